The topological polar surface area (TPSA) is 59.8 Å². The number of benzene rings is 2. The summed E-state index contributed by atoms with van der Waals surface area (Å²) < 4.78 is 15.7. The van der Waals surface area contributed by atoms with Gasteiger partial charge in [0.15, 0.2) is 5.16 Å². The van der Waals surface area contributed by atoms with Gasteiger partial charge >= 0.3 is 0 Å². The summed E-state index contributed by atoms with van der Waals surface area (Å²) in [6, 6.07) is 14.2. The summed E-state index contributed by atoms with van der Waals surface area (Å²) in [5, 5.41) is 11.8. The van der Waals surface area contributed by atoms with E-state index in [9.17, 15) is 9.18 Å². The van der Waals surface area contributed by atoms with E-state index in [0.717, 1.165) is 53.4 Å². The van der Waals surface area contributed by atoms with Gasteiger partial charge < -0.3 is 9.88 Å². The van der Waals surface area contributed by atoms with Crippen LogP contribution in [0.4, 0.5) is 10.1 Å². The molecule has 1 N–H and O–H groups in total. The smallest absolute Gasteiger partial charge is 0.235 e. The SMILES string of the molecule is Cn1cnnc1Sc1ccc(NC(=O)C2(c3cccc(F)c3)CCCCC2)cc1. The molecule has 1 fully saturated rings. The molecular weight excluding hydrogens is 387 g/mol. The van der Waals surface area contributed by atoms with Gasteiger partial charge in [0, 0.05) is 17.6 Å². The highest BCUT2D eigenvalue weighted by Gasteiger charge is 2.41. The zero-order valence-electron chi connectivity index (χ0n) is 16.3. The Morgan fingerprint density at radius 3 is 2.55 bits per heavy atom. The number of anilines is 1. The minimum absolute atomic E-state index is 0.0588. The van der Waals surface area contributed by atoms with Crippen LogP contribution in [0.2, 0.25) is 0 Å². The Labute approximate surface area is 173 Å². The van der Waals surface area contributed by atoms with Gasteiger partial charge in [0.25, 0.3) is 0 Å². The van der Waals surface area contributed by atoms with Crippen molar-refractivity contribution in [3.63, 3.8) is 0 Å². The highest BCUT2D eigenvalue weighted by Crippen LogP contribution is 2.41. The fourth-order valence-corrected chi connectivity index (χ4v) is 4.68. The van der Waals surface area contributed by atoms with Crippen molar-refractivity contribution in [2.24, 2.45) is 7.05 Å². The molecule has 1 heterocycles. The largest absolute Gasteiger partial charge is 0.325 e. The third kappa shape index (κ3) is 4.19. The molecule has 0 bridgehead atoms. The molecule has 29 heavy (non-hydrogen) atoms. The minimum atomic E-state index is -0.674. The summed E-state index contributed by atoms with van der Waals surface area (Å²) in [7, 11) is 1.90. The van der Waals surface area contributed by atoms with Crippen LogP contribution in [0.3, 0.4) is 0 Å². The normalized spacial score (nSPS) is 15.8. The molecule has 7 heteroatoms. The number of aryl methyl sites for hydroxylation is 1. The van der Waals surface area contributed by atoms with Crippen LogP contribution in [0, 0.1) is 5.82 Å². The van der Waals surface area contributed by atoms with E-state index >= 15 is 0 Å². The summed E-state index contributed by atoms with van der Waals surface area (Å²) in [4.78, 5) is 14.3. The Kier molecular flexibility index (Phi) is 5.67. The predicted molar refractivity (Wildman–Crippen MR) is 111 cm³/mol. The molecule has 0 atom stereocenters. The molecule has 4 rings (SSSR count). The molecule has 0 radical (unpaired) electrons. The summed E-state index contributed by atoms with van der Waals surface area (Å²) in [6.07, 6.45) is 6.18. The van der Waals surface area contributed by atoms with E-state index in [0.29, 0.717) is 0 Å². The maximum absolute atomic E-state index is 13.9. The van der Waals surface area contributed by atoms with Crippen LogP contribution in [-0.4, -0.2) is 20.7 Å². The molecule has 5 nitrogen and oxygen atoms in total. The van der Waals surface area contributed by atoms with E-state index < -0.39 is 5.41 Å². The lowest BCUT2D eigenvalue weighted by atomic mass is 9.68. The third-order valence-electron chi connectivity index (χ3n) is 5.51. The zero-order valence-corrected chi connectivity index (χ0v) is 17.1. The Morgan fingerprint density at radius 2 is 1.90 bits per heavy atom. The van der Waals surface area contributed by atoms with Crippen LogP contribution >= 0.6 is 11.8 Å². The lowest BCUT2D eigenvalue weighted by Crippen LogP contribution is -2.42. The first-order chi connectivity index (χ1) is 14.1. The van der Waals surface area contributed by atoms with Crippen LogP contribution in [0.25, 0.3) is 0 Å². The molecule has 2 aromatic carbocycles. The number of rotatable bonds is 5. The third-order valence-corrected chi connectivity index (χ3v) is 6.57. The van der Waals surface area contributed by atoms with Crippen molar-refractivity contribution in [2.45, 2.75) is 47.6 Å². The van der Waals surface area contributed by atoms with Crippen molar-refractivity contribution in [1.82, 2.24) is 14.8 Å². The first kappa shape index (κ1) is 19.6. The van der Waals surface area contributed by atoms with E-state index in [1.54, 1.807) is 12.4 Å². The number of hydrogen-bond donors (Lipinski definition) is 1. The van der Waals surface area contributed by atoms with Crippen molar-refractivity contribution in [2.75, 3.05) is 5.32 Å². The number of nitrogens with zero attached hydrogens (tertiary/aromatic N) is 3. The van der Waals surface area contributed by atoms with Gasteiger partial charge in [0.1, 0.15) is 12.1 Å². The van der Waals surface area contributed by atoms with Crippen molar-refractivity contribution in [3.05, 3.63) is 66.2 Å². The summed E-state index contributed by atoms with van der Waals surface area (Å²) >= 11 is 1.51. The van der Waals surface area contributed by atoms with Gasteiger partial charge in [-0.3, -0.25) is 4.79 Å². The number of amides is 1. The molecule has 150 valence electrons. The molecule has 0 unspecified atom stereocenters. The van der Waals surface area contributed by atoms with Crippen molar-refractivity contribution < 1.29 is 9.18 Å². The molecule has 0 aliphatic heterocycles. The number of aromatic nitrogens is 3. The van der Waals surface area contributed by atoms with Crippen molar-refractivity contribution >= 4 is 23.4 Å². The molecule has 1 amide bonds. The average molecular weight is 411 g/mol. The Balaban J connectivity index is 1.52. The van der Waals surface area contributed by atoms with Gasteiger partial charge in [-0.1, -0.05) is 31.4 Å². The van der Waals surface area contributed by atoms with E-state index in [2.05, 4.69) is 15.5 Å². The summed E-state index contributed by atoms with van der Waals surface area (Å²) in [5.41, 5.74) is 0.828. The number of nitrogens with one attached hydrogen (secondary N) is 1. The van der Waals surface area contributed by atoms with E-state index in [-0.39, 0.29) is 11.7 Å². The van der Waals surface area contributed by atoms with Crippen LogP contribution in [0.1, 0.15) is 37.7 Å². The molecule has 1 aromatic heterocycles. The second-order valence-corrected chi connectivity index (χ2v) is 8.50. The first-order valence-electron chi connectivity index (χ1n) is 9.76. The summed E-state index contributed by atoms with van der Waals surface area (Å²) in [5.74, 6) is -0.359. The zero-order chi connectivity index (χ0) is 20.3. The summed E-state index contributed by atoms with van der Waals surface area (Å²) in [6.45, 7) is 0. The maximum atomic E-state index is 13.9. The number of hydrogen-bond acceptors (Lipinski definition) is 4. The maximum Gasteiger partial charge on any atom is 0.235 e. The first-order valence-corrected chi connectivity index (χ1v) is 10.6. The van der Waals surface area contributed by atoms with Crippen molar-refractivity contribution in [1.29, 1.82) is 0 Å². The van der Waals surface area contributed by atoms with Crippen LogP contribution in [-0.2, 0) is 17.3 Å². The Morgan fingerprint density at radius 1 is 1.14 bits per heavy atom. The molecule has 1 aliphatic rings. The van der Waals surface area contributed by atoms with Gasteiger partial charge in [-0.05, 0) is 66.6 Å². The Hall–Kier alpha value is -2.67. The van der Waals surface area contributed by atoms with Gasteiger partial charge in [-0.2, -0.15) is 0 Å². The molecular formula is C22H23FN4OS. The lowest BCUT2D eigenvalue weighted by molar-refractivity contribution is -0.122. The van der Waals surface area contributed by atoms with Crippen LogP contribution < -0.4 is 5.32 Å². The fourth-order valence-electron chi connectivity index (χ4n) is 3.92. The van der Waals surface area contributed by atoms with Gasteiger partial charge in [0.2, 0.25) is 5.91 Å². The predicted octanol–water partition coefficient (Wildman–Crippen LogP) is 4.95. The highest BCUT2D eigenvalue weighted by molar-refractivity contribution is 7.99. The van der Waals surface area contributed by atoms with E-state index in [1.807, 2.05) is 41.9 Å². The molecule has 0 spiro atoms. The molecule has 1 aliphatic carbocycles. The standard InChI is InChI=1S/C22H23FN4OS/c1-27-15-24-26-21(27)29-19-10-8-18(9-11-19)25-20(28)22(12-3-2-4-13-22)16-6-5-7-17(23)14-16/h5-11,14-15H,2-4,12-13H2,1H3,(H,25,28). The monoisotopic (exact) mass is 410 g/mol. The van der Waals surface area contributed by atoms with E-state index in [4.69, 9.17) is 0 Å². The Bertz CT molecular complexity index is 996. The number of carbonyl (C=O) groups excluding carboxylic acids is 1. The molecule has 3 aromatic rings. The fraction of sp³-hybridized carbons (Fsp3) is 0.318. The van der Waals surface area contributed by atoms with Crippen LogP contribution in [0.5, 0.6) is 0 Å². The van der Waals surface area contributed by atoms with Gasteiger partial charge in [-0.15, -0.1) is 10.2 Å². The average Bonchev–Trinajstić information content (AvgIpc) is 3.14. The number of carbonyl (C=O) groups is 1. The quantitative estimate of drug-likeness (QED) is 0.647. The lowest BCUT2D eigenvalue weighted by Gasteiger charge is -2.36. The van der Waals surface area contributed by atoms with Gasteiger partial charge in [-0.25, -0.2) is 4.39 Å². The number of halogens is 1. The molecule has 0 saturated heterocycles. The van der Waals surface area contributed by atoms with Crippen LogP contribution in [0.15, 0.2) is 64.9 Å². The minimum Gasteiger partial charge on any atom is -0.325 e. The second kappa shape index (κ2) is 8.37. The highest BCUT2D eigenvalue weighted by atomic mass is 32.2. The van der Waals surface area contributed by atoms with Crippen molar-refractivity contribution in [3.8, 4) is 0 Å². The molecule has 1 saturated carbocycles. The second-order valence-electron chi connectivity index (χ2n) is 7.46. The van der Waals surface area contributed by atoms with Gasteiger partial charge in [0.05, 0.1) is 5.41 Å². The van der Waals surface area contributed by atoms with E-state index in [1.165, 1.54) is 23.9 Å².